The fourth-order valence-electron chi connectivity index (χ4n) is 4.57. The first-order valence-corrected chi connectivity index (χ1v) is 10.0. The Morgan fingerprint density at radius 3 is 2.31 bits per heavy atom. The van der Waals surface area contributed by atoms with Crippen LogP contribution < -0.4 is 5.32 Å². The summed E-state index contributed by atoms with van der Waals surface area (Å²) in [7, 11) is 0. The molecule has 6 heteroatoms. The summed E-state index contributed by atoms with van der Waals surface area (Å²) < 4.78 is 11.1. The molecule has 2 aliphatic rings. The molecule has 2 aliphatic carbocycles. The third-order valence-electron chi connectivity index (χ3n) is 5.97. The number of carbonyl (C=O) groups excluding carboxylic acids is 1. The van der Waals surface area contributed by atoms with Gasteiger partial charge in [0.2, 0.25) is 0 Å². The summed E-state index contributed by atoms with van der Waals surface area (Å²) in [5.41, 5.74) is 3.20. The van der Waals surface area contributed by atoms with Gasteiger partial charge < -0.3 is 19.9 Å². The van der Waals surface area contributed by atoms with Crippen LogP contribution >= 0.6 is 0 Å². The van der Waals surface area contributed by atoms with Crippen LogP contribution in [-0.4, -0.2) is 42.0 Å². The summed E-state index contributed by atoms with van der Waals surface area (Å²) >= 11 is 0. The average molecular weight is 395 g/mol. The van der Waals surface area contributed by atoms with Gasteiger partial charge in [0.25, 0.3) is 0 Å². The maximum atomic E-state index is 12.5. The molecule has 2 aromatic carbocycles. The fraction of sp³-hybridized carbons (Fsp3) is 0.391. The van der Waals surface area contributed by atoms with Crippen LogP contribution in [0.3, 0.4) is 0 Å². The van der Waals surface area contributed by atoms with Crippen molar-refractivity contribution in [2.75, 3.05) is 13.2 Å². The molecule has 1 amide bonds. The molecule has 0 saturated heterocycles. The first kappa shape index (κ1) is 19.5. The normalized spacial score (nSPS) is 22.7. The number of fused-ring (bicyclic) bond motifs is 3. The summed E-state index contributed by atoms with van der Waals surface area (Å²) in [5.74, 6) is -1.11. The van der Waals surface area contributed by atoms with Crippen LogP contribution in [-0.2, 0) is 14.3 Å². The van der Waals surface area contributed by atoms with Crippen molar-refractivity contribution in [1.82, 2.24) is 5.32 Å². The summed E-state index contributed by atoms with van der Waals surface area (Å²) in [6, 6.07) is 16.2. The van der Waals surface area contributed by atoms with E-state index in [1.54, 1.807) is 0 Å². The van der Waals surface area contributed by atoms with Gasteiger partial charge >= 0.3 is 12.1 Å². The van der Waals surface area contributed by atoms with Crippen LogP contribution in [0.1, 0.15) is 43.2 Å². The second-order valence-electron chi connectivity index (χ2n) is 7.66. The average Bonchev–Trinajstić information content (AvgIpc) is 3.27. The number of carboxylic acids is 1. The van der Waals surface area contributed by atoms with Gasteiger partial charge in [-0.2, -0.15) is 0 Å². The molecule has 1 fully saturated rings. The standard InChI is InChI=1S/C23H25NO5/c1-2-28-15-11-12-23(13-15,21(25)26)24-22(27)29-14-20-18-9-5-3-7-16(18)17-8-4-6-10-19(17)20/h3-10,15,20H,2,11-14H2,1H3,(H,24,27)(H,25,26). The van der Waals surface area contributed by atoms with Gasteiger partial charge in [-0.25, -0.2) is 9.59 Å². The minimum atomic E-state index is -1.33. The lowest BCUT2D eigenvalue weighted by Gasteiger charge is -2.26. The maximum Gasteiger partial charge on any atom is 0.408 e. The van der Waals surface area contributed by atoms with E-state index < -0.39 is 17.6 Å². The number of benzene rings is 2. The first-order valence-electron chi connectivity index (χ1n) is 10.0. The first-order chi connectivity index (χ1) is 14.0. The molecule has 0 radical (unpaired) electrons. The van der Waals surface area contributed by atoms with E-state index in [0.29, 0.717) is 19.4 Å². The zero-order chi connectivity index (χ0) is 20.4. The lowest BCUT2D eigenvalue weighted by atomic mass is 9.97. The molecule has 1 saturated carbocycles. The number of nitrogens with one attached hydrogen (secondary N) is 1. The fourth-order valence-corrected chi connectivity index (χ4v) is 4.57. The third kappa shape index (κ3) is 3.60. The highest BCUT2D eigenvalue weighted by molar-refractivity contribution is 5.85. The van der Waals surface area contributed by atoms with Crippen LogP contribution in [0.15, 0.2) is 48.5 Å². The Hall–Kier alpha value is -2.86. The molecule has 2 N–H and O–H groups in total. The van der Waals surface area contributed by atoms with Gasteiger partial charge in [-0.15, -0.1) is 0 Å². The summed E-state index contributed by atoms with van der Waals surface area (Å²) in [5, 5.41) is 12.3. The predicted molar refractivity (Wildman–Crippen MR) is 108 cm³/mol. The maximum absolute atomic E-state index is 12.5. The predicted octanol–water partition coefficient (Wildman–Crippen LogP) is 3.94. The Morgan fingerprint density at radius 1 is 1.10 bits per heavy atom. The van der Waals surface area contributed by atoms with Crippen LogP contribution in [0.5, 0.6) is 0 Å². The molecule has 0 aromatic heterocycles. The molecular weight excluding hydrogens is 370 g/mol. The van der Waals surface area contributed by atoms with Gasteiger partial charge in [-0.3, -0.25) is 0 Å². The van der Waals surface area contributed by atoms with E-state index in [2.05, 4.69) is 17.4 Å². The van der Waals surface area contributed by atoms with E-state index >= 15 is 0 Å². The molecule has 0 aliphatic heterocycles. The molecule has 0 spiro atoms. The van der Waals surface area contributed by atoms with Crippen molar-refractivity contribution in [2.45, 2.75) is 43.7 Å². The highest BCUT2D eigenvalue weighted by atomic mass is 16.5. The zero-order valence-corrected chi connectivity index (χ0v) is 16.4. The van der Waals surface area contributed by atoms with E-state index in [0.717, 1.165) is 22.3 Å². The molecule has 6 nitrogen and oxygen atoms in total. The smallest absolute Gasteiger partial charge is 0.408 e. The molecule has 0 bridgehead atoms. The quantitative estimate of drug-likeness (QED) is 0.774. The van der Waals surface area contributed by atoms with Crippen molar-refractivity contribution < 1.29 is 24.2 Å². The van der Waals surface area contributed by atoms with E-state index in [4.69, 9.17) is 9.47 Å². The molecule has 29 heavy (non-hydrogen) atoms. The SMILES string of the molecule is CCOC1CCC(NC(=O)OCC2c3ccccc3-c3ccccc32)(C(=O)O)C1. The van der Waals surface area contributed by atoms with Gasteiger partial charge in [-0.05, 0) is 42.0 Å². The highest BCUT2D eigenvalue weighted by Gasteiger charge is 2.47. The zero-order valence-electron chi connectivity index (χ0n) is 16.4. The number of ether oxygens (including phenoxy) is 2. The number of rotatable bonds is 6. The third-order valence-corrected chi connectivity index (χ3v) is 5.97. The highest BCUT2D eigenvalue weighted by Crippen LogP contribution is 2.44. The molecule has 2 atom stereocenters. The molecule has 4 rings (SSSR count). The second kappa shape index (κ2) is 7.87. The Balaban J connectivity index is 1.45. The summed E-state index contributed by atoms with van der Waals surface area (Å²) in [6.45, 7) is 2.55. The Bertz CT molecular complexity index is 881. The topological polar surface area (TPSA) is 84.9 Å². The Labute approximate surface area is 169 Å². The molecule has 0 heterocycles. The summed E-state index contributed by atoms with van der Waals surface area (Å²) in [4.78, 5) is 24.4. The van der Waals surface area contributed by atoms with Crippen molar-refractivity contribution in [2.24, 2.45) is 0 Å². The summed E-state index contributed by atoms with van der Waals surface area (Å²) in [6.07, 6.45) is 0.317. The van der Waals surface area contributed by atoms with Gasteiger partial charge in [0.05, 0.1) is 6.10 Å². The number of alkyl carbamates (subject to hydrolysis) is 1. The lowest BCUT2D eigenvalue weighted by molar-refractivity contribution is -0.144. The lowest BCUT2D eigenvalue weighted by Crippen LogP contribution is -2.53. The number of hydrogen-bond acceptors (Lipinski definition) is 4. The molecule has 2 unspecified atom stereocenters. The van der Waals surface area contributed by atoms with Gasteiger partial charge in [-0.1, -0.05) is 48.5 Å². The number of carbonyl (C=O) groups is 2. The number of carboxylic acid groups (broad SMARTS) is 1. The largest absolute Gasteiger partial charge is 0.480 e. The van der Waals surface area contributed by atoms with E-state index in [1.165, 1.54) is 0 Å². The minimum Gasteiger partial charge on any atom is -0.480 e. The molecule has 2 aromatic rings. The van der Waals surface area contributed by atoms with Gasteiger partial charge in [0, 0.05) is 18.9 Å². The molecular formula is C23H25NO5. The monoisotopic (exact) mass is 395 g/mol. The van der Waals surface area contributed by atoms with Crippen molar-refractivity contribution >= 4 is 12.1 Å². The number of hydrogen-bond donors (Lipinski definition) is 2. The minimum absolute atomic E-state index is 0.0614. The van der Waals surface area contributed by atoms with Gasteiger partial charge in [0.15, 0.2) is 0 Å². The number of amides is 1. The van der Waals surface area contributed by atoms with Crippen molar-refractivity contribution in [3.05, 3.63) is 59.7 Å². The van der Waals surface area contributed by atoms with Gasteiger partial charge in [0.1, 0.15) is 12.1 Å². The van der Waals surface area contributed by atoms with Crippen LogP contribution in [0, 0.1) is 0 Å². The number of aliphatic carboxylic acids is 1. The van der Waals surface area contributed by atoms with Crippen LogP contribution in [0.4, 0.5) is 4.79 Å². The van der Waals surface area contributed by atoms with Crippen molar-refractivity contribution in [3.8, 4) is 11.1 Å². The Kier molecular flexibility index (Phi) is 5.28. The van der Waals surface area contributed by atoms with E-state index in [-0.39, 0.29) is 25.0 Å². The second-order valence-corrected chi connectivity index (χ2v) is 7.66. The van der Waals surface area contributed by atoms with Crippen molar-refractivity contribution in [3.63, 3.8) is 0 Å². The van der Waals surface area contributed by atoms with Crippen molar-refractivity contribution in [1.29, 1.82) is 0 Å². The Morgan fingerprint density at radius 2 is 1.72 bits per heavy atom. The van der Waals surface area contributed by atoms with E-state index in [1.807, 2.05) is 43.3 Å². The van der Waals surface area contributed by atoms with Crippen LogP contribution in [0.25, 0.3) is 11.1 Å². The molecule has 152 valence electrons. The van der Waals surface area contributed by atoms with E-state index in [9.17, 15) is 14.7 Å². The van der Waals surface area contributed by atoms with Crippen LogP contribution in [0.2, 0.25) is 0 Å².